The van der Waals surface area contributed by atoms with Crippen LogP contribution in [0.4, 0.5) is 0 Å². The van der Waals surface area contributed by atoms with E-state index in [0.717, 1.165) is 12.2 Å². The largest absolute Gasteiger partial charge is 1.00 e. The summed E-state index contributed by atoms with van der Waals surface area (Å²) in [5.74, 6) is 0.483. The molecule has 0 atom stereocenters. The number of rotatable bonds is 14. The molecule has 0 aliphatic heterocycles. The summed E-state index contributed by atoms with van der Waals surface area (Å²) in [5, 5.41) is 0. The van der Waals surface area contributed by atoms with Gasteiger partial charge in [-0.2, -0.15) is 0 Å². The zero-order valence-electron chi connectivity index (χ0n) is 15.8. The van der Waals surface area contributed by atoms with E-state index in [0.29, 0.717) is 19.4 Å². The topological polar surface area (TPSA) is 66.4 Å². The van der Waals surface area contributed by atoms with Crippen molar-refractivity contribution in [3.8, 4) is 5.75 Å². The molecule has 0 saturated carbocycles. The summed E-state index contributed by atoms with van der Waals surface area (Å²) in [6.07, 6.45) is 11.3. The first-order valence-corrected chi connectivity index (χ1v) is 10.7. The van der Waals surface area contributed by atoms with Gasteiger partial charge in [0.05, 0.1) is 16.7 Å². The van der Waals surface area contributed by atoms with E-state index in [1.165, 1.54) is 50.5 Å². The van der Waals surface area contributed by atoms with Crippen LogP contribution in [-0.4, -0.2) is 25.3 Å². The minimum absolute atomic E-state index is 0. The zero-order valence-corrected chi connectivity index (χ0v) is 18.7. The Kier molecular flexibility index (Phi) is 15.0. The number of aryl methyl sites for hydroxylation is 1. The average molecular weight is 379 g/mol. The summed E-state index contributed by atoms with van der Waals surface area (Å²) < 4.78 is 37.0. The fourth-order valence-corrected chi connectivity index (χ4v) is 3.17. The maximum atomic E-state index is 10.5. The van der Waals surface area contributed by atoms with Crippen molar-refractivity contribution in [2.75, 3.05) is 12.4 Å². The Balaban J connectivity index is 0.00000576. The summed E-state index contributed by atoms with van der Waals surface area (Å²) in [6, 6.07) is 8.10. The van der Waals surface area contributed by atoms with E-state index < -0.39 is 10.1 Å². The Bertz CT molecular complexity index is 529. The third kappa shape index (κ3) is 14.8. The molecule has 0 amide bonds. The summed E-state index contributed by atoms with van der Waals surface area (Å²) in [4.78, 5) is 0. The first-order valence-electron chi connectivity index (χ1n) is 9.16. The summed E-state index contributed by atoms with van der Waals surface area (Å²) in [7, 11) is -4.10. The van der Waals surface area contributed by atoms with Crippen LogP contribution in [-0.2, 0) is 16.5 Å². The van der Waals surface area contributed by atoms with Crippen LogP contribution in [0.3, 0.4) is 0 Å². The van der Waals surface area contributed by atoms with Gasteiger partial charge < -0.3 is 9.29 Å². The SMILES string of the molecule is CCCCCCCCCc1ccc(OCCCCS(=O)(=O)[O-])cc1.[Na+]. The van der Waals surface area contributed by atoms with E-state index >= 15 is 0 Å². The maximum absolute atomic E-state index is 10.5. The number of hydrogen-bond acceptors (Lipinski definition) is 4. The van der Waals surface area contributed by atoms with E-state index in [1.807, 2.05) is 12.1 Å². The van der Waals surface area contributed by atoms with Crippen LogP contribution >= 0.6 is 0 Å². The van der Waals surface area contributed by atoms with E-state index in [2.05, 4.69) is 19.1 Å². The monoisotopic (exact) mass is 378 g/mol. The third-order valence-electron chi connectivity index (χ3n) is 4.05. The van der Waals surface area contributed by atoms with Gasteiger partial charge in [-0.05, 0) is 43.4 Å². The van der Waals surface area contributed by atoms with Crippen molar-refractivity contribution in [2.45, 2.75) is 71.1 Å². The van der Waals surface area contributed by atoms with Gasteiger partial charge in [0.1, 0.15) is 5.75 Å². The Morgan fingerprint density at radius 2 is 1.48 bits per heavy atom. The second-order valence-electron chi connectivity index (χ2n) is 6.33. The molecule has 1 aromatic rings. The van der Waals surface area contributed by atoms with E-state index in [-0.39, 0.29) is 35.3 Å². The van der Waals surface area contributed by atoms with Gasteiger partial charge in [-0.15, -0.1) is 0 Å². The molecule has 1 rings (SSSR count). The number of hydrogen-bond donors (Lipinski definition) is 0. The van der Waals surface area contributed by atoms with Crippen LogP contribution < -0.4 is 34.3 Å². The Labute approximate surface area is 175 Å². The van der Waals surface area contributed by atoms with Crippen molar-refractivity contribution in [1.29, 1.82) is 0 Å². The molecule has 25 heavy (non-hydrogen) atoms. The number of unbranched alkanes of at least 4 members (excludes halogenated alkanes) is 7. The molecule has 0 aliphatic rings. The van der Waals surface area contributed by atoms with Gasteiger partial charge in [-0.3, -0.25) is 0 Å². The molecule has 0 N–H and O–H groups in total. The minimum Gasteiger partial charge on any atom is -0.748 e. The van der Waals surface area contributed by atoms with E-state index in [1.54, 1.807) is 0 Å². The molecule has 0 fully saturated rings. The molecule has 0 heterocycles. The molecule has 0 aliphatic carbocycles. The smallest absolute Gasteiger partial charge is 0.748 e. The summed E-state index contributed by atoms with van der Waals surface area (Å²) in [5.41, 5.74) is 1.33. The van der Waals surface area contributed by atoms with Gasteiger partial charge in [0.25, 0.3) is 0 Å². The Morgan fingerprint density at radius 3 is 2.08 bits per heavy atom. The normalized spacial score (nSPS) is 11.1. The molecule has 6 heteroatoms. The van der Waals surface area contributed by atoms with Gasteiger partial charge in [0.2, 0.25) is 0 Å². The second kappa shape index (κ2) is 15.0. The molecule has 0 unspecified atom stereocenters. The van der Waals surface area contributed by atoms with Crippen molar-refractivity contribution in [3.63, 3.8) is 0 Å². The number of benzene rings is 1. The first kappa shape index (κ1) is 24.9. The van der Waals surface area contributed by atoms with Crippen LogP contribution in [0, 0.1) is 0 Å². The van der Waals surface area contributed by atoms with Crippen molar-refractivity contribution >= 4 is 10.1 Å². The molecule has 138 valence electrons. The third-order valence-corrected chi connectivity index (χ3v) is 4.84. The minimum atomic E-state index is -4.10. The second-order valence-corrected chi connectivity index (χ2v) is 7.86. The molecule has 0 bridgehead atoms. The molecular formula is C19H31NaO4S. The molecule has 0 spiro atoms. The molecule has 0 saturated heterocycles. The van der Waals surface area contributed by atoms with Crippen LogP contribution in [0.1, 0.15) is 70.3 Å². The van der Waals surface area contributed by atoms with Crippen LogP contribution in [0.15, 0.2) is 24.3 Å². The summed E-state index contributed by atoms with van der Waals surface area (Å²) in [6.45, 7) is 2.68. The predicted octanol–water partition coefficient (Wildman–Crippen LogP) is 1.69. The molecule has 0 aromatic heterocycles. The van der Waals surface area contributed by atoms with Gasteiger partial charge >= 0.3 is 29.6 Å². The van der Waals surface area contributed by atoms with Crippen LogP contribution in [0.2, 0.25) is 0 Å². The van der Waals surface area contributed by atoms with Crippen molar-refractivity contribution in [2.24, 2.45) is 0 Å². The fraction of sp³-hybridized carbons (Fsp3) is 0.684. The van der Waals surface area contributed by atoms with Crippen molar-refractivity contribution < 1.29 is 47.3 Å². The molecular weight excluding hydrogens is 347 g/mol. The number of ether oxygens (including phenoxy) is 1. The van der Waals surface area contributed by atoms with Gasteiger partial charge in [-0.25, -0.2) is 8.42 Å². The maximum Gasteiger partial charge on any atom is 1.00 e. The predicted molar refractivity (Wildman–Crippen MR) is 97.4 cm³/mol. The van der Waals surface area contributed by atoms with Crippen molar-refractivity contribution in [3.05, 3.63) is 29.8 Å². The average Bonchev–Trinajstić information content (AvgIpc) is 2.54. The van der Waals surface area contributed by atoms with Crippen LogP contribution in [0.5, 0.6) is 5.75 Å². The van der Waals surface area contributed by atoms with Gasteiger partial charge in [0.15, 0.2) is 0 Å². The van der Waals surface area contributed by atoms with Crippen molar-refractivity contribution in [1.82, 2.24) is 0 Å². The summed E-state index contributed by atoms with van der Waals surface area (Å²) >= 11 is 0. The van der Waals surface area contributed by atoms with Gasteiger partial charge in [-0.1, -0.05) is 57.6 Å². The van der Waals surface area contributed by atoms with Crippen LogP contribution in [0.25, 0.3) is 0 Å². The molecule has 4 nitrogen and oxygen atoms in total. The quantitative estimate of drug-likeness (QED) is 0.281. The fourth-order valence-electron chi connectivity index (χ4n) is 2.61. The Morgan fingerprint density at radius 1 is 0.880 bits per heavy atom. The standard InChI is InChI=1S/C19H32O4S.Na/c1-2-3-4-5-6-7-8-11-18-12-14-19(15-13-18)23-16-9-10-17-24(20,21)22;/h12-15H,2-11,16-17H2,1H3,(H,20,21,22);/q;+1/p-1. The zero-order chi connectivity index (χ0) is 17.7. The first-order chi connectivity index (χ1) is 11.5. The van der Waals surface area contributed by atoms with E-state index in [4.69, 9.17) is 4.74 Å². The van der Waals surface area contributed by atoms with Gasteiger partial charge in [0, 0.05) is 5.75 Å². The molecule has 1 aromatic carbocycles. The van der Waals surface area contributed by atoms with E-state index in [9.17, 15) is 13.0 Å². The Hall–Kier alpha value is -0.0700. The molecule has 0 radical (unpaired) electrons.